The van der Waals surface area contributed by atoms with Crippen molar-refractivity contribution in [1.29, 1.82) is 0 Å². The van der Waals surface area contributed by atoms with Gasteiger partial charge in [0.2, 0.25) is 0 Å². The third-order valence-electron chi connectivity index (χ3n) is 2.84. The van der Waals surface area contributed by atoms with Crippen LogP contribution in [0.25, 0.3) is 0 Å². The Balaban J connectivity index is 2.78. The molecule has 0 aliphatic heterocycles. The minimum absolute atomic E-state index is 0.0536. The fraction of sp³-hybridized carbons (Fsp3) is 0.615. The van der Waals surface area contributed by atoms with E-state index in [2.05, 4.69) is 11.8 Å². The number of nitrogen functional groups attached to an aromatic ring is 1. The fourth-order valence-corrected chi connectivity index (χ4v) is 1.87. The zero-order valence-corrected chi connectivity index (χ0v) is 11.8. The van der Waals surface area contributed by atoms with Crippen LogP contribution in [0, 0.1) is 0 Å². The molecule has 0 saturated carbocycles. The summed E-state index contributed by atoms with van der Waals surface area (Å²) in [6.07, 6.45) is 2.72. The van der Waals surface area contributed by atoms with E-state index in [9.17, 15) is 4.79 Å². The predicted molar refractivity (Wildman–Crippen MR) is 74.6 cm³/mol. The van der Waals surface area contributed by atoms with Gasteiger partial charge in [0.25, 0.3) is 5.91 Å². The minimum Gasteiger partial charge on any atom is -0.397 e. The third-order valence-corrected chi connectivity index (χ3v) is 2.84. The summed E-state index contributed by atoms with van der Waals surface area (Å²) in [5.74, 6) is 0.0536. The summed E-state index contributed by atoms with van der Waals surface area (Å²) < 4.78 is 1.79. The van der Waals surface area contributed by atoms with Crippen molar-refractivity contribution < 1.29 is 4.79 Å². The largest absolute Gasteiger partial charge is 0.397 e. The van der Waals surface area contributed by atoms with Gasteiger partial charge in [0.1, 0.15) is 5.69 Å². The molecule has 2 N–H and O–H groups in total. The second-order valence-corrected chi connectivity index (χ2v) is 4.87. The van der Waals surface area contributed by atoms with Gasteiger partial charge in [-0.25, -0.2) is 0 Å². The van der Waals surface area contributed by atoms with Gasteiger partial charge in [-0.1, -0.05) is 6.92 Å². The maximum atomic E-state index is 12.4. The highest BCUT2D eigenvalue weighted by molar-refractivity contribution is 5.93. The highest BCUT2D eigenvalue weighted by atomic mass is 16.2. The van der Waals surface area contributed by atoms with Gasteiger partial charge < -0.3 is 20.1 Å². The molecule has 5 heteroatoms. The lowest BCUT2D eigenvalue weighted by Crippen LogP contribution is -2.37. The van der Waals surface area contributed by atoms with E-state index < -0.39 is 0 Å². The Morgan fingerprint density at radius 2 is 2.00 bits per heavy atom. The smallest absolute Gasteiger partial charge is 0.270 e. The number of rotatable bonds is 6. The van der Waals surface area contributed by atoms with E-state index in [0.29, 0.717) is 11.4 Å². The number of hydrogen-bond acceptors (Lipinski definition) is 3. The Kier molecular flexibility index (Phi) is 5.22. The van der Waals surface area contributed by atoms with Crippen LogP contribution in [0.4, 0.5) is 5.69 Å². The van der Waals surface area contributed by atoms with Crippen molar-refractivity contribution >= 4 is 11.6 Å². The number of carbonyl (C=O) groups is 1. The third kappa shape index (κ3) is 3.77. The summed E-state index contributed by atoms with van der Waals surface area (Å²) in [4.78, 5) is 16.4. The second-order valence-electron chi connectivity index (χ2n) is 4.87. The van der Waals surface area contributed by atoms with E-state index in [4.69, 9.17) is 5.73 Å². The zero-order valence-electron chi connectivity index (χ0n) is 11.8. The number of aromatic nitrogens is 1. The van der Waals surface area contributed by atoms with Crippen molar-refractivity contribution in [3.05, 3.63) is 18.0 Å². The number of hydrogen-bond donors (Lipinski definition) is 1. The number of nitrogens with zero attached hydrogens (tertiary/aromatic N) is 3. The Morgan fingerprint density at radius 1 is 1.33 bits per heavy atom. The summed E-state index contributed by atoms with van der Waals surface area (Å²) in [7, 11) is 5.86. The number of anilines is 1. The summed E-state index contributed by atoms with van der Waals surface area (Å²) in [6.45, 7) is 4.46. The lowest BCUT2D eigenvalue weighted by Gasteiger charge is -2.24. The number of nitrogens with two attached hydrogens (primary N) is 1. The topological polar surface area (TPSA) is 54.5 Å². The number of likely N-dealkylation sites (N-methyl/N-ethyl adjacent to an activating group) is 1. The molecule has 1 heterocycles. The van der Waals surface area contributed by atoms with Crippen LogP contribution in [0.1, 0.15) is 23.8 Å². The first kappa shape index (κ1) is 14.6. The number of amides is 1. The van der Waals surface area contributed by atoms with Gasteiger partial charge >= 0.3 is 0 Å². The van der Waals surface area contributed by atoms with E-state index in [1.54, 1.807) is 16.8 Å². The molecule has 0 radical (unpaired) electrons. The van der Waals surface area contributed by atoms with Crippen LogP contribution in [-0.4, -0.2) is 54.0 Å². The average molecular weight is 252 g/mol. The van der Waals surface area contributed by atoms with Crippen molar-refractivity contribution in [2.45, 2.75) is 13.3 Å². The van der Waals surface area contributed by atoms with Crippen molar-refractivity contribution in [3.63, 3.8) is 0 Å². The molecule has 0 unspecified atom stereocenters. The summed E-state index contributed by atoms with van der Waals surface area (Å²) >= 11 is 0. The Hall–Kier alpha value is -1.49. The minimum atomic E-state index is 0.0536. The first-order valence-electron chi connectivity index (χ1n) is 6.31. The van der Waals surface area contributed by atoms with Crippen LogP contribution < -0.4 is 5.73 Å². The van der Waals surface area contributed by atoms with E-state index in [1.807, 2.05) is 26.0 Å². The maximum Gasteiger partial charge on any atom is 0.270 e. The quantitative estimate of drug-likeness (QED) is 0.822. The van der Waals surface area contributed by atoms with E-state index in [1.165, 1.54) is 0 Å². The molecule has 1 rings (SSSR count). The molecule has 0 bridgehead atoms. The SMILES string of the molecule is CCCN(CCN(C)C)C(=O)c1cc(N)cn1C. The van der Waals surface area contributed by atoms with Crippen LogP contribution >= 0.6 is 0 Å². The van der Waals surface area contributed by atoms with Crippen LogP contribution in [0.15, 0.2) is 12.3 Å². The van der Waals surface area contributed by atoms with Crippen LogP contribution in [0.5, 0.6) is 0 Å². The molecule has 1 aromatic rings. The average Bonchev–Trinajstić information content (AvgIpc) is 2.62. The van der Waals surface area contributed by atoms with Crippen LogP contribution in [0.2, 0.25) is 0 Å². The predicted octanol–water partition coefficient (Wildman–Crippen LogP) is 1.02. The molecule has 0 atom stereocenters. The normalized spacial score (nSPS) is 10.9. The molecule has 0 saturated heterocycles. The highest BCUT2D eigenvalue weighted by Gasteiger charge is 2.18. The van der Waals surface area contributed by atoms with Crippen molar-refractivity contribution in [3.8, 4) is 0 Å². The lowest BCUT2D eigenvalue weighted by molar-refractivity contribution is 0.0735. The molecule has 0 aliphatic rings. The van der Waals surface area contributed by atoms with E-state index >= 15 is 0 Å². The Morgan fingerprint density at radius 3 is 2.44 bits per heavy atom. The van der Waals surface area contributed by atoms with Gasteiger partial charge in [0, 0.05) is 32.9 Å². The Labute approximate surface area is 109 Å². The van der Waals surface area contributed by atoms with Gasteiger partial charge in [0.05, 0.1) is 5.69 Å². The fourth-order valence-electron chi connectivity index (χ4n) is 1.87. The second kappa shape index (κ2) is 6.44. The van der Waals surface area contributed by atoms with Crippen molar-refractivity contribution in [1.82, 2.24) is 14.4 Å². The van der Waals surface area contributed by atoms with Gasteiger partial charge in [-0.3, -0.25) is 4.79 Å². The van der Waals surface area contributed by atoms with Gasteiger partial charge in [-0.05, 0) is 26.6 Å². The summed E-state index contributed by atoms with van der Waals surface area (Å²) in [5.41, 5.74) is 7.00. The van der Waals surface area contributed by atoms with Crippen LogP contribution in [-0.2, 0) is 7.05 Å². The number of carbonyl (C=O) groups excluding carboxylic acids is 1. The van der Waals surface area contributed by atoms with E-state index in [0.717, 1.165) is 26.1 Å². The summed E-state index contributed by atoms with van der Waals surface area (Å²) in [5, 5.41) is 0. The molecule has 18 heavy (non-hydrogen) atoms. The Bertz CT molecular complexity index is 398. The molecule has 0 spiro atoms. The summed E-state index contributed by atoms with van der Waals surface area (Å²) in [6, 6.07) is 1.74. The molecule has 1 aromatic heterocycles. The van der Waals surface area contributed by atoms with Gasteiger partial charge in [-0.15, -0.1) is 0 Å². The first-order chi connectivity index (χ1) is 8.45. The molecule has 102 valence electrons. The van der Waals surface area contributed by atoms with Crippen molar-refractivity contribution in [2.24, 2.45) is 7.05 Å². The highest BCUT2D eigenvalue weighted by Crippen LogP contribution is 2.12. The van der Waals surface area contributed by atoms with Crippen LogP contribution in [0.3, 0.4) is 0 Å². The van der Waals surface area contributed by atoms with Gasteiger partial charge in [0.15, 0.2) is 0 Å². The van der Waals surface area contributed by atoms with Gasteiger partial charge in [-0.2, -0.15) is 0 Å². The standard InChI is InChI=1S/C13H24N4O/c1-5-6-17(8-7-15(2)3)13(18)12-9-11(14)10-16(12)4/h9-10H,5-8,14H2,1-4H3. The molecule has 0 aromatic carbocycles. The van der Waals surface area contributed by atoms with Crippen molar-refractivity contribution in [2.75, 3.05) is 39.5 Å². The lowest BCUT2D eigenvalue weighted by atomic mass is 10.3. The zero-order chi connectivity index (χ0) is 13.7. The molecule has 5 nitrogen and oxygen atoms in total. The number of aryl methyl sites for hydroxylation is 1. The molecule has 1 amide bonds. The molecular formula is C13H24N4O. The maximum absolute atomic E-state index is 12.4. The molecule has 0 aliphatic carbocycles. The molecular weight excluding hydrogens is 228 g/mol. The molecule has 0 fully saturated rings. The monoisotopic (exact) mass is 252 g/mol. The first-order valence-corrected chi connectivity index (χ1v) is 6.31. The van der Waals surface area contributed by atoms with E-state index in [-0.39, 0.29) is 5.91 Å².